The normalized spacial score (nSPS) is 9.50. The Hall–Kier alpha value is -1.80. The molecule has 0 heterocycles. The second kappa shape index (κ2) is 6.22. The van der Waals surface area contributed by atoms with Crippen LogP contribution in [0.5, 0.6) is 0 Å². The predicted octanol–water partition coefficient (Wildman–Crippen LogP) is 2.84. The van der Waals surface area contributed by atoms with Crippen molar-refractivity contribution in [3.8, 4) is 11.8 Å². The van der Waals surface area contributed by atoms with Gasteiger partial charge < -0.3 is 0 Å². The van der Waals surface area contributed by atoms with Crippen molar-refractivity contribution in [2.24, 2.45) is 0 Å². The lowest BCUT2D eigenvalue weighted by molar-refractivity contribution is -0.385. The first-order valence-corrected chi connectivity index (χ1v) is 6.28. The number of nitro groups is 1. The molecule has 0 aliphatic heterocycles. The Kier molecular flexibility index (Phi) is 4.93. The summed E-state index contributed by atoms with van der Waals surface area (Å²) in [6.45, 7) is 5.04. The minimum absolute atomic E-state index is 0.0101. The predicted molar refractivity (Wildman–Crippen MR) is 72.6 cm³/mol. The van der Waals surface area contributed by atoms with Crippen LogP contribution in [0.1, 0.15) is 23.6 Å². The molecule has 1 aromatic rings. The molecule has 5 heteroatoms. The average Bonchev–Trinajstić information content (AvgIpc) is 2.25. The third-order valence-electron chi connectivity index (χ3n) is 2.31. The number of nitro benzene ring substituents is 1. The van der Waals surface area contributed by atoms with Gasteiger partial charge in [-0.3, -0.25) is 14.9 Å². The zero-order valence-corrected chi connectivity index (χ0v) is 11.3. The Morgan fingerprint density at radius 1 is 1.39 bits per heavy atom. The summed E-state index contributed by atoms with van der Waals surface area (Å²) in [6.07, 6.45) is 0. The molecule has 0 radical (unpaired) electrons. The number of thioether (sulfide) groups is 1. The largest absolute Gasteiger partial charge is 0.288 e. The molecule has 0 bridgehead atoms. The van der Waals surface area contributed by atoms with Gasteiger partial charge in [0.2, 0.25) is 0 Å². The van der Waals surface area contributed by atoms with E-state index in [1.54, 1.807) is 13.0 Å². The van der Waals surface area contributed by atoms with Crippen LogP contribution in [0.4, 0.5) is 5.69 Å². The van der Waals surface area contributed by atoms with Gasteiger partial charge in [-0.25, -0.2) is 0 Å². The van der Waals surface area contributed by atoms with Crippen molar-refractivity contribution in [1.82, 2.24) is 0 Å². The van der Waals surface area contributed by atoms with Gasteiger partial charge in [0.15, 0.2) is 5.12 Å². The summed E-state index contributed by atoms with van der Waals surface area (Å²) in [5.74, 6) is 6.09. The molecule has 0 saturated carbocycles. The number of carbonyl (C=O) groups is 1. The highest BCUT2D eigenvalue weighted by atomic mass is 32.2. The van der Waals surface area contributed by atoms with Gasteiger partial charge in [0.1, 0.15) is 0 Å². The highest BCUT2D eigenvalue weighted by Crippen LogP contribution is 2.22. The average molecular weight is 263 g/mol. The van der Waals surface area contributed by atoms with Crippen molar-refractivity contribution in [3.05, 3.63) is 38.9 Å². The maximum Gasteiger partial charge on any atom is 0.273 e. The lowest BCUT2D eigenvalue weighted by Gasteiger charge is -2.01. The minimum atomic E-state index is -0.412. The summed E-state index contributed by atoms with van der Waals surface area (Å²) < 4.78 is 0. The number of aryl methyl sites for hydroxylation is 2. The molecule has 4 nitrogen and oxygen atoms in total. The summed E-state index contributed by atoms with van der Waals surface area (Å²) in [4.78, 5) is 21.1. The Balaban J connectivity index is 2.98. The summed E-state index contributed by atoms with van der Waals surface area (Å²) >= 11 is 1.12. The maximum absolute atomic E-state index is 10.8. The molecule has 0 atom stereocenters. The number of carbonyl (C=O) groups excluding carboxylic acids is 1. The summed E-state index contributed by atoms with van der Waals surface area (Å²) in [7, 11) is 0. The Bertz CT molecular complexity index is 555. The van der Waals surface area contributed by atoms with Crippen molar-refractivity contribution in [1.29, 1.82) is 0 Å². The van der Waals surface area contributed by atoms with E-state index in [1.807, 2.05) is 6.92 Å². The van der Waals surface area contributed by atoms with Crippen molar-refractivity contribution >= 4 is 22.6 Å². The number of nitrogens with zero attached hydrogens (tertiary/aromatic N) is 1. The van der Waals surface area contributed by atoms with E-state index in [9.17, 15) is 14.9 Å². The third-order valence-corrected chi connectivity index (χ3v) is 3.01. The molecule has 0 aliphatic rings. The quantitative estimate of drug-likeness (QED) is 0.467. The standard InChI is InChI=1S/C13H13NO3S/c1-9-7-10(2)13(14(16)17)8-12(9)5-4-6-18-11(3)15/h7-8H,6H2,1-3H3. The highest BCUT2D eigenvalue weighted by molar-refractivity contribution is 8.13. The van der Waals surface area contributed by atoms with E-state index in [0.717, 1.165) is 17.3 Å². The minimum Gasteiger partial charge on any atom is -0.288 e. The van der Waals surface area contributed by atoms with Crippen LogP contribution in [0.2, 0.25) is 0 Å². The monoisotopic (exact) mass is 263 g/mol. The summed E-state index contributed by atoms with van der Waals surface area (Å²) in [5.41, 5.74) is 2.24. The SMILES string of the molecule is CC(=O)SCC#Cc1cc([N+](=O)[O-])c(C)cc1C. The molecule has 0 aromatic heterocycles. The van der Waals surface area contributed by atoms with Crippen molar-refractivity contribution < 1.29 is 9.72 Å². The first-order valence-electron chi connectivity index (χ1n) is 5.29. The lowest BCUT2D eigenvalue weighted by Crippen LogP contribution is -1.94. The molecule has 0 spiro atoms. The highest BCUT2D eigenvalue weighted by Gasteiger charge is 2.12. The van der Waals surface area contributed by atoms with E-state index < -0.39 is 4.92 Å². The third kappa shape index (κ3) is 3.90. The zero-order valence-electron chi connectivity index (χ0n) is 10.4. The topological polar surface area (TPSA) is 60.2 Å². The lowest BCUT2D eigenvalue weighted by atomic mass is 10.0. The molecule has 94 valence electrons. The Labute approximate surface area is 110 Å². The van der Waals surface area contributed by atoms with E-state index in [0.29, 0.717) is 16.9 Å². The van der Waals surface area contributed by atoms with E-state index >= 15 is 0 Å². The molecule has 0 N–H and O–H groups in total. The van der Waals surface area contributed by atoms with Crippen LogP contribution in [-0.2, 0) is 4.79 Å². The zero-order chi connectivity index (χ0) is 13.7. The van der Waals surface area contributed by atoms with Crippen LogP contribution < -0.4 is 0 Å². The van der Waals surface area contributed by atoms with E-state index in [-0.39, 0.29) is 10.8 Å². The van der Waals surface area contributed by atoms with Crippen LogP contribution in [-0.4, -0.2) is 15.8 Å². The molecule has 18 heavy (non-hydrogen) atoms. The van der Waals surface area contributed by atoms with Gasteiger partial charge in [-0.15, -0.1) is 0 Å². The van der Waals surface area contributed by atoms with Crippen molar-refractivity contribution in [2.75, 3.05) is 5.75 Å². The van der Waals surface area contributed by atoms with Gasteiger partial charge in [0.25, 0.3) is 5.69 Å². The Morgan fingerprint density at radius 2 is 2.06 bits per heavy atom. The number of hydrogen-bond donors (Lipinski definition) is 0. The fraction of sp³-hybridized carbons (Fsp3) is 0.308. The number of benzene rings is 1. The molecule has 0 saturated heterocycles. The first-order chi connectivity index (χ1) is 8.41. The van der Waals surface area contributed by atoms with Gasteiger partial charge in [-0.05, 0) is 25.5 Å². The van der Waals surface area contributed by atoms with Gasteiger partial charge in [-0.1, -0.05) is 23.6 Å². The van der Waals surface area contributed by atoms with Crippen molar-refractivity contribution in [3.63, 3.8) is 0 Å². The first kappa shape index (κ1) is 14.3. The molecule has 0 fully saturated rings. The second-order valence-corrected chi connectivity index (χ2v) is 4.95. The fourth-order valence-electron chi connectivity index (χ4n) is 1.44. The number of hydrogen-bond acceptors (Lipinski definition) is 4. The van der Waals surface area contributed by atoms with Crippen LogP contribution >= 0.6 is 11.8 Å². The van der Waals surface area contributed by atoms with Crippen LogP contribution in [0.15, 0.2) is 12.1 Å². The molecular weight excluding hydrogens is 250 g/mol. The van der Waals surface area contributed by atoms with E-state index in [1.165, 1.54) is 13.0 Å². The van der Waals surface area contributed by atoms with Crippen molar-refractivity contribution in [2.45, 2.75) is 20.8 Å². The molecular formula is C13H13NO3S. The maximum atomic E-state index is 10.8. The van der Waals surface area contributed by atoms with Gasteiger partial charge in [-0.2, -0.15) is 0 Å². The molecule has 0 aliphatic carbocycles. The van der Waals surface area contributed by atoms with Crippen LogP contribution in [0.3, 0.4) is 0 Å². The fourth-order valence-corrected chi connectivity index (χ4v) is 1.79. The summed E-state index contributed by atoms with van der Waals surface area (Å²) in [6, 6.07) is 3.23. The number of rotatable bonds is 2. The second-order valence-electron chi connectivity index (χ2n) is 3.79. The van der Waals surface area contributed by atoms with E-state index in [4.69, 9.17) is 0 Å². The van der Waals surface area contributed by atoms with Crippen LogP contribution in [0.25, 0.3) is 0 Å². The molecule has 0 unspecified atom stereocenters. The summed E-state index contributed by atoms with van der Waals surface area (Å²) in [5, 5.41) is 10.8. The van der Waals surface area contributed by atoms with Gasteiger partial charge in [0.05, 0.1) is 10.7 Å². The Morgan fingerprint density at radius 3 is 2.61 bits per heavy atom. The van der Waals surface area contributed by atoms with E-state index in [2.05, 4.69) is 11.8 Å². The molecule has 1 rings (SSSR count). The molecule has 0 amide bonds. The molecule has 1 aromatic carbocycles. The van der Waals surface area contributed by atoms with Gasteiger partial charge in [0, 0.05) is 24.1 Å². The van der Waals surface area contributed by atoms with Gasteiger partial charge >= 0.3 is 0 Å². The smallest absolute Gasteiger partial charge is 0.273 e. The van der Waals surface area contributed by atoms with Crippen LogP contribution in [0, 0.1) is 35.8 Å².